The SMILES string of the molecule is CCCNC(=O)CN1CCOC(CN)C1. The van der Waals surface area contributed by atoms with Gasteiger partial charge in [0.05, 0.1) is 19.3 Å². The summed E-state index contributed by atoms with van der Waals surface area (Å²) in [5.41, 5.74) is 5.52. The summed E-state index contributed by atoms with van der Waals surface area (Å²) >= 11 is 0. The molecule has 1 amide bonds. The minimum atomic E-state index is 0.0812. The van der Waals surface area contributed by atoms with Gasteiger partial charge in [0, 0.05) is 26.2 Å². The molecule has 0 aromatic rings. The van der Waals surface area contributed by atoms with Crippen LogP contribution in [-0.4, -0.2) is 56.2 Å². The zero-order chi connectivity index (χ0) is 11.1. The summed E-state index contributed by atoms with van der Waals surface area (Å²) in [7, 11) is 0. The molecule has 1 aliphatic rings. The highest BCUT2D eigenvalue weighted by Crippen LogP contribution is 2.02. The highest BCUT2D eigenvalue weighted by Gasteiger charge is 2.20. The fraction of sp³-hybridized carbons (Fsp3) is 0.900. The fourth-order valence-electron chi connectivity index (χ4n) is 1.59. The summed E-state index contributed by atoms with van der Waals surface area (Å²) in [6, 6.07) is 0. The van der Waals surface area contributed by atoms with Crippen molar-refractivity contribution in [1.82, 2.24) is 10.2 Å². The van der Waals surface area contributed by atoms with Crippen LogP contribution in [0.2, 0.25) is 0 Å². The van der Waals surface area contributed by atoms with Crippen molar-refractivity contribution in [3.05, 3.63) is 0 Å². The summed E-state index contributed by atoms with van der Waals surface area (Å²) in [5, 5.41) is 2.86. The number of morpholine rings is 1. The molecule has 1 saturated heterocycles. The monoisotopic (exact) mass is 215 g/mol. The maximum absolute atomic E-state index is 11.4. The molecular weight excluding hydrogens is 194 g/mol. The van der Waals surface area contributed by atoms with Gasteiger partial charge in [0.1, 0.15) is 0 Å². The van der Waals surface area contributed by atoms with Crippen LogP contribution in [0.1, 0.15) is 13.3 Å². The molecule has 1 rings (SSSR count). The van der Waals surface area contributed by atoms with Crippen LogP contribution in [0, 0.1) is 0 Å². The van der Waals surface area contributed by atoms with Crippen LogP contribution in [0.3, 0.4) is 0 Å². The first-order valence-electron chi connectivity index (χ1n) is 5.57. The Labute approximate surface area is 90.9 Å². The zero-order valence-electron chi connectivity index (χ0n) is 9.37. The first-order valence-corrected chi connectivity index (χ1v) is 5.57. The molecule has 1 atom stereocenters. The Morgan fingerprint density at radius 3 is 3.13 bits per heavy atom. The lowest BCUT2D eigenvalue weighted by Crippen LogP contribution is -2.49. The van der Waals surface area contributed by atoms with E-state index in [1.165, 1.54) is 0 Å². The van der Waals surface area contributed by atoms with Crippen molar-refractivity contribution in [1.29, 1.82) is 0 Å². The minimum absolute atomic E-state index is 0.0812. The molecule has 0 aromatic carbocycles. The van der Waals surface area contributed by atoms with E-state index in [1.54, 1.807) is 0 Å². The third-order valence-corrected chi connectivity index (χ3v) is 2.43. The molecule has 1 heterocycles. The van der Waals surface area contributed by atoms with Crippen molar-refractivity contribution in [3.8, 4) is 0 Å². The molecule has 0 spiro atoms. The Kier molecular flexibility index (Phi) is 5.60. The molecule has 0 aliphatic carbocycles. The molecule has 88 valence electrons. The number of nitrogens with one attached hydrogen (secondary N) is 1. The van der Waals surface area contributed by atoms with E-state index in [4.69, 9.17) is 10.5 Å². The van der Waals surface area contributed by atoms with Crippen molar-refractivity contribution in [3.63, 3.8) is 0 Å². The van der Waals surface area contributed by atoms with Gasteiger partial charge in [-0.3, -0.25) is 9.69 Å². The van der Waals surface area contributed by atoms with E-state index >= 15 is 0 Å². The average molecular weight is 215 g/mol. The maximum Gasteiger partial charge on any atom is 0.234 e. The lowest BCUT2D eigenvalue weighted by Gasteiger charge is -2.31. The molecule has 1 unspecified atom stereocenters. The van der Waals surface area contributed by atoms with Gasteiger partial charge in [0.15, 0.2) is 0 Å². The van der Waals surface area contributed by atoms with Gasteiger partial charge in [-0.05, 0) is 6.42 Å². The number of rotatable bonds is 5. The van der Waals surface area contributed by atoms with Gasteiger partial charge in [0.25, 0.3) is 0 Å². The predicted molar refractivity (Wildman–Crippen MR) is 58.5 cm³/mol. The molecule has 15 heavy (non-hydrogen) atoms. The molecular formula is C10H21N3O2. The normalized spacial score (nSPS) is 22.7. The second kappa shape index (κ2) is 6.76. The second-order valence-electron chi connectivity index (χ2n) is 3.81. The maximum atomic E-state index is 11.4. The number of carbonyl (C=O) groups is 1. The Morgan fingerprint density at radius 1 is 1.67 bits per heavy atom. The Morgan fingerprint density at radius 2 is 2.47 bits per heavy atom. The van der Waals surface area contributed by atoms with E-state index in [9.17, 15) is 4.79 Å². The molecule has 0 saturated carbocycles. The highest BCUT2D eigenvalue weighted by molar-refractivity contribution is 5.77. The van der Waals surface area contributed by atoms with Crippen LogP contribution < -0.4 is 11.1 Å². The lowest BCUT2D eigenvalue weighted by molar-refractivity contribution is -0.124. The summed E-state index contributed by atoms with van der Waals surface area (Å²) in [6.07, 6.45) is 1.05. The number of hydrogen-bond donors (Lipinski definition) is 2. The largest absolute Gasteiger partial charge is 0.374 e. The second-order valence-corrected chi connectivity index (χ2v) is 3.81. The van der Waals surface area contributed by atoms with E-state index in [2.05, 4.69) is 10.2 Å². The molecule has 5 heteroatoms. The van der Waals surface area contributed by atoms with Crippen LogP contribution in [0.5, 0.6) is 0 Å². The Balaban J connectivity index is 2.22. The van der Waals surface area contributed by atoms with Crippen LogP contribution >= 0.6 is 0 Å². The number of hydrogen-bond acceptors (Lipinski definition) is 4. The zero-order valence-corrected chi connectivity index (χ0v) is 9.37. The Bertz CT molecular complexity index is 199. The fourth-order valence-corrected chi connectivity index (χ4v) is 1.59. The van der Waals surface area contributed by atoms with Crippen molar-refractivity contribution in [2.75, 3.05) is 39.3 Å². The van der Waals surface area contributed by atoms with Crippen LogP contribution in [0.4, 0.5) is 0 Å². The summed E-state index contributed by atoms with van der Waals surface area (Å²) in [6.45, 7) is 6.02. The van der Waals surface area contributed by atoms with Crippen molar-refractivity contribution < 1.29 is 9.53 Å². The van der Waals surface area contributed by atoms with E-state index in [0.717, 1.165) is 26.1 Å². The van der Waals surface area contributed by atoms with E-state index < -0.39 is 0 Å². The molecule has 0 bridgehead atoms. The van der Waals surface area contributed by atoms with Gasteiger partial charge in [-0.15, -0.1) is 0 Å². The topological polar surface area (TPSA) is 67.6 Å². The number of amides is 1. The van der Waals surface area contributed by atoms with Crippen molar-refractivity contribution >= 4 is 5.91 Å². The standard InChI is InChI=1S/C10H21N3O2/c1-2-3-12-10(14)8-13-4-5-15-9(6-11)7-13/h9H,2-8,11H2,1H3,(H,12,14). The highest BCUT2D eigenvalue weighted by atomic mass is 16.5. The molecule has 1 aliphatic heterocycles. The number of nitrogens with zero attached hydrogens (tertiary/aromatic N) is 1. The van der Waals surface area contributed by atoms with Gasteiger partial charge < -0.3 is 15.8 Å². The molecule has 1 fully saturated rings. The van der Waals surface area contributed by atoms with Crippen LogP contribution in [0.15, 0.2) is 0 Å². The number of nitrogens with two attached hydrogens (primary N) is 1. The third-order valence-electron chi connectivity index (χ3n) is 2.43. The Hall–Kier alpha value is -0.650. The summed E-state index contributed by atoms with van der Waals surface area (Å²) in [4.78, 5) is 13.5. The first kappa shape index (κ1) is 12.4. The van der Waals surface area contributed by atoms with Crippen LogP contribution in [-0.2, 0) is 9.53 Å². The number of ether oxygens (including phenoxy) is 1. The summed E-state index contributed by atoms with van der Waals surface area (Å²) in [5.74, 6) is 0.0921. The van der Waals surface area contributed by atoms with E-state index in [1.807, 2.05) is 6.92 Å². The van der Waals surface area contributed by atoms with Gasteiger partial charge in [-0.2, -0.15) is 0 Å². The summed E-state index contributed by atoms with van der Waals surface area (Å²) < 4.78 is 5.42. The van der Waals surface area contributed by atoms with Crippen LogP contribution in [0.25, 0.3) is 0 Å². The van der Waals surface area contributed by atoms with E-state index in [-0.39, 0.29) is 12.0 Å². The first-order chi connectivity index (χ1) is 7.26. The molecule has 3 N–H and O–H groups in total. The lowest BCUT2D eigenvalue weighted by atomic mass is 10.2. The third kappa shape index (κ3) is 4.59. The molecule has 0 radical (unpaired) electrons. The minimum Gasteiger partial charge on any atom is -0.374 e. The molecule has 0 aromatic heterocycles. The average Bonchev–Trinajstić information content (AvgIpc) is 2.26. The number of carbonyl (C=O) groups excluding carboxylic acids is 1. The van der Waals surface area contributed by atoms with Gasteiger partial charge >= 0.3 is 0 Å². The van der Waals surface area contributed by atoms with Crippen molar-refractivity contribution in [2.45, 2.75) is 19.4 Å². The van der Waals surface area contributed by atoms with Crippen molar-refractivity contribution in [2.24, 2.45) is 5.73 Å². The van der Waals surface area contributed by atoms with E-state index in [0.29, 0.717) is 19.7 Å². The molecule has 5 nitrogen and oxygen atoms in total. The van der Waals surface area contributed by atoms with Gasteiger partial charge in [0.2, 0.25) is 5.91 Å². The smallest absolute Gasteiger partial charge is 0.234 e. The predicted octanol–water partition coefficient (Wildman–Crippen LogP) is -0.828. The van der Waals surface area contributed by atoms with Gasteiger partial charge in [-0.1, -0.05) is 6.92 Å². The quantitative estimate of drug-likeness (QED) is 0.628. The van der Waals surface area contributed by atoms with Gasteiger partial charge in [-0.25, -0.2) is 0 Å².